The molecule has 2 atom stereocenters. The van der Waals surface area contributed by atoms with Crippen LogP contribution in [0.15, 0.2) is 42.6 Å². The van der Waals surface area contributed by atoms with Crippen LogP contribution in [0.25, 0.3) is 5.69 Å². The number of ether oxygens (including phenoxy) is 2. The number of fused-ring (bicyclic) bond motifs is 3. The third-order valence-corrected chi connectivity index (χ3v) is 9.20. The zero-order chi connectivity index (χ0) is 27.9. The first kappa shape index (κ1) is 27.5. The molecule has 8 nitrogen and oxygen atoms in total. The summed E-state index contributed by atoms with van der Waals surface area (Å²) in [5.41, 5.74) is 2.65. The van der Waals surface area contributed by atoms with Gasteiger partial charge in [0.1, 0.15) is 5.82 Å². The minimum Gasteiger partial charge on any atom is -0.493 e. The third kappa shape index (κ3) is 5.37. The van der Waals surface area contributed by atoms with E-state index in [-0.39, 0.29) is 22.3 Å². The molecule has 4 aromatic rings. The van der Waals surface area contributed by atoms with Gasteiger partial charge in [-0.1, -0.05) is 44.5 Å². The normalized spacial score (nSPS) is 16.8. The fourth-order valence-electron chi connectivity index (χ4n) is 4.80. The number of rotatable bonds is 7. The molecule has 2 aromatic heterocycles. The van der Waals surface area contributed by atoms with Gasteiger partial charge in [-0.15, -0.1) is 33.3 Å². The van der Waals surface area contributed by atoms with Crippen molar-refractivity contribution in [1.82, 2.24) is 19.7 Å². The minimum absolute atomic E-state index is 0.0482. The number of carboxylic acid groups (broad SMARTS) is 1. The Kier molecular flexibility index (Phi) is 7.63. The maximum absolute atomic E-state index is 11.3. The molecule has 1 aliphatic heterocycles. The standard InChI is InChI=1S/C28H29ClN4O4S2/c1-28(2,3)27-32-31-26-21(13-22-30-14-16(38-22)12-23(34)35)39-25(17-7-6-8-20(36-4)24(17)37-5)18-11-15(29)9-10-19(18)33(26)27/h6-11,14,21,25H,12-13H2,1-5H3,(H,34,35). The highest BCUT2D eigenvalue weighted by Gasteiger charge is 2.37. The maximum Gasteiger partial charge on any atom is 0.308 e. The van der Waals surface area contributed by atoms with Crippen LogP contribution in [0, 0.1) is 0 Å². The Morgan fingerprint density at radius 2 is 1.92 bits per heavy atom. The first-order valence-corrected chi connectivity index (χ1v) is 14.5. The van der Waals surface area contributed by atoms with Crippen LogP contribution in [-0.4, -0.2) is 45.0 Å². The van der Waals surface area contributed by atoms with Gasteiger partial charge in [-0.25, -0.2) is 4.98 Å². The molecule has 0 fully saturated rings. The van der Waals surface area contributed by atoms with Gasteiger partial charge in [0.15, 0.2) is 17.3 Å². The molecule has 11 heteroatoms. The predicted octanol–water partition coefficient (Wildman–Crippen LogP) is 6.44. The van der Waals surface area contributed by atoms with E-state index in [1.165, 1.54) is 11.3 Å². The number of halogens is 1. The smallest absolute Gasteiger partial charge is 0.308 e. The molecule has 39 heavy (non-hydrogen) atoms. The summed E-state index contributed by atoms with van der Waals surface area (Å²) in [4.78, 5) is 16.5. The lowest BCUT2D eigenvalue weighted by molar-refractivity contribution is -0.136. The highest BCUT2D eigenvalue weighted by atomic mass is 35.5. The number of thiazole rings is 1. The van der Waals surface area contributed by atoms with Crippen molar-refractivity contribution >= 4 is 40.7 Å². The van der Waals surface area contributed by atoms with E-state index in [4.69, 9.17) is 26.2 Å². The Labute approximate surface area is 240 Å². The zero-order valence-electron chi connectivity index (χ0n) is 22.3. The lowest BCUT2D eigenvalue weighted by Gasteiger charge is -2.24. The van der Waals surface area contributed by atoms with Crippen molar-refractivity contribution in [3.05, 3.63) is 80.3 Å². The average Bonchev–Trinajstić information content (AvgIpc) is 3.50. The van der Waals surface area contributed by atoms with Crippen molar-refractivity contribution in [3.63, 3.8) is 0 Å². The fourth-order valence-corrected chi connectivity index (χ4v) is 7.57. The first-order chi connectivity index (χ1) is 18.6. The topological polar surface area (TPSA) is 99.4 Å². The van der Waals surface area contributed by atoms with E-state index in [2.05, 4.69) is 35.4 Å². The number of carboxylic acids is 1. The molecular weight excluding hydrogens is 556 g/mol. The number of para-hydroxylation sites is 1. The third-order valence-electron chi connectivity index (χ3n) is 6.46. The average molecular weight is 585 g/mol. The van der Waals surface area contributed by atoms with Crippen molar-refractivity contribution in [3.8, 4) is 17.2 Å². The molecule has 0 saturated heterocycles. The van der Waals surface area contributed by atoms with Crippen LogP contribution in [0.1, 0.15) is 63.9 Å². The van der Waals surface area contributed by atoms with Gasteiger partial charge in [0.25, 0.3) is 0 Å². The molecule has 2 unspecified atom stereocenters. The van der Waals surface area contributed by atoms with Crippen LogP contribution in [0.3, 0.4) is 0 Å². The molecule has 0 spiro atoms. The van der Waals surface area contributed by atoms with Crippen molar-refractivity contribution in [2.24, 2.45) is 0 Å². The minimum atomic E-state index is -0.874. The van der Waals surface area contributed by atoms with Crippen molar-refractivity contribution < 1.29 is 19.4 Å². The summed E-state index contributed by atoms with van der Waals surface area (Å²) >= 11 is 9.73. The quantitative estimate of drug-likeness (QED) is 0.265. The van der Waals surface area contributed by atoms with E-state index in [0.29, 0.717) is 27.8 Å². The SMILES string of the molecule is COc1cccc(C2SC(Cc3ncc(CC(=O)O)s3)c3nnc(C(C)(C)C)n3-c3ccc(Cl)cc32)c1OC. The Balaban J connectivity index is 1.72. The number of nitrogens with zero attached hydrogens (tertiary/aromatic N) is 4. The highest BCUT2D eigenvalue weighted by molar-refractivity contribution is 8.00. The van der Waals surface area contributed by atoms with Gasteiger partial charge in [0.2, 0.25) is 0 Å². The molecular formula is C28H29ClN4O4S2. The van der Waals surface area contributed by atoms with Crippen LogP contribution in [0.5, 0.6) is 11.5 Å². The van der Waals surface area contributed by atoms with E-state index in [1.807, 2.05) is 36.4 Å². The number of benzene rings is 2. The Morgan fingerprint density at radius 3 is 2.62 bits per heavy atom. The van der Waals surface area contributed by atoms with Gasteiger partial charge in [0.05, 0.1) is 41.8 Å². The molecule has 0 aliphatic carbocycles. The summed E-state index contributed by atoms with van der Waals surface area (Å²) in [7, 11) is 3.27. The molecule has 1 N–H and O–H groups in total. The molecule has 204 valence electrons. The fraction of sp³-hybridized carbons (Fsp3) is 0.357. The van der Waals surface area contributed by atoms with Crippen LogP contribution in [0.2, 0.25) is 5.02 Å². The van der Waals surface area contributed by atoms with Gasteiger partial charge in [-0.05, 0) is 29.8 Å². The molecule has 0 amide bonds. The number of hydrogen-bond donors (Lipinski definition) is 1. The molecule has 2 aromatic carbocycles. The van der Waals surface area contributed by atoms with Crippen LogP contribution < -0.4 is 9.47 Å². The van der Waals surface area contributed by atoms with Crippen molar-refractivity contribution in [2.75, 3.05) is 14.2 Å². The van der Waals surface area contributed by atoms with Crippen LogP contribution in [-0.2, 0) is 23.1 Å². The zero-order valence-corrected chi connectivity index (χ0v) is 24.7. The second-order valence-corrected chi connectivity index (χ2v) is 13.2. The highest BCUT2D eigenvalue weighted by Crippen LogP contribution is 2.54. The van der Waals surface area contributed by atoms with E-state index in [9.17, 15) is 9.90 Å². The number of carbonyl (C=O) groups is 1. The van der Waals surface area contributed by atoms with E-state index in [0.717, 1.165) is 33.5 Å². The van der Waals surface area contributed by atoms with E-state index >= 15 is 0 Å². The van der Waals surface area contributed by atoms with Gasteiger partial charge < -0.3 is 14.6 Å². The lowest BCUT2D eigenvalue weighted by Crippen LogP contribution is -2.20. The Bertz CT molecular complexity index is 1530. The molecule has 0 radical (unpaired) electrons. The number of methoxy groups -OCH3 is 2. The Hall–Kier alpha value is -3.08. The summed E-state index contributed by atoms with van der Waals surface area (Å²) in [5, 5.41) is 19.8. The van der Waals surface area contributed by atoms with Crippen LogP contribution in [0.4, 0.5) is 0 Å². The summed E-state index contributed by atoms with van der Waals surface area (Å²) < 4.78 is 13.7. The molecule has 0 saturated carbocycles. The maximum atomic E-state index is 11.3. The van der Waals surface area contributed by atoms with Crippen molar-refractivity contribution in [1.29, 1.82) is 0 Å². The van der Waals surface area contributed by atoms with E-state index < -0.39 is 5.97 Å². The monoisotopic (exact) mass is 584 g/mol. The second-order valence-electron chi connectivity index (χ2n) is 10.3. The number of thioether (sulfide) groups is 1. The predicted molar refractivity (Wildman–Crippen MR) is 154 cm³/mol. The van der Waals surface area contributed by atoms with Crippen molar-refractivity contribution in [2.45, 2.75) is 49.5 Å². The molecule has 0 bridgehead atoms. The number of hydrogen-bond acceptors (Lipinski definition) is 8. The van der Waals surface area contributed by atoms with Gasteiger partial charge in [0, 0.05) is 33.5 Å². The second kappa shape index (κ2) is 10.8. The van der Waals surface area contributed by atoms with Crippen LogP contribution >= 0.6 is 34.7 Å². The Morgan fingerprint density at radius 1 is 1.13 bits per heavy atom. The van der Waals surface area contributed by atoms with Gasteiger partial charge in [-0.3, -0.25) is 9.36 Å². The summed E-state index contributed by atoms with van der Waals surface area (Å²) in [5.74, 6) is 2.09. The molecule has 3 heterocycles. The van der Waals surface area contributed by atoms with Gasteiger partial charge in [-0.2, -0.15) is 0 Å². The summed E-state index contributed by atoms with van der Waals surface area (Å²) in [6.07, 6.45) is 2.16. The summed E-state index contributed by atoms with van der Waals surface area (Å²) in [6, 6.07) is 11.8. The first-order valence-electron chi connectivity index (χ1n) is 12.4. The lowest BCUT2D eigenvalue weighted by atomic mass is 9.94. The number of aliphatic carboxylic acids is 1. The van der Waals surface area contributed by atoms with Gasteiger partial charge >= 0.3 is 5.97 Å². The molecule has 1 aliphatic rings. The molecule has 5 rings (SSSR count). The largest absolute Gasteiger partial charge is 0.493 e. The number of aromatic nitrogens is 4. The van der Waals surface area contributed by atoms with E-state index in [1.54, 1.807) is 32.2 Å². The summed E-state index contributed by atoms with van der Waals surface area (Å²) in [6.45, 7) is 6.36.